The summed E-state index contributed by atoms with van der Waals surface area (Å²) in [5.41, 5.74) is 7.92. The van der Waals surface area contributed by atoms with Gasteiger partial charge in [0.05, 0.1) is 23.6 Å². The van der Waals surface area contributed by atoms with E-state index in [0.717, 1.165) is 17.9 Å². The Balaban J connectivity index is 1.89. The number of benzene rings is 1. The van der Waals surface area contributed by atoms with Gasteiger partial charge in [-0.3, -0.25) is 9.88 Å². The Kier molecular flexibility index (Phi) is 3.42. The quantitative estimate of drug-likeness (QED) is 0.790. The summed E-state index contributed by atoms with van der Waals surface area (Å²) in [7, 11) is 0. The lowest BCUT2D eigenvalue weighted by Gasteiger charge is -2.47. The van der Waals surface area contributed by atoms with Gasteiger partial charge in [-0.05, 0) is 56.9 Å². The molecule has 1 saturated heterocycles. The van der Waals surface area contributed by atoms with Crippen LogP contribution in [-0.2, 0) is 6.54 Å². The highest BCUT2D eigenvalue weighted by molar-refractivity contribution is 5.60. The molecule has 2 unspecified atom stereocenters. The zero-order valence-electron chi connectivity index (χ0n) is 14.5. The SMILES string of the molecule is Cc1cc(C)c(N2C3CCN(Cc4ccccc43)[C@@H]2C)c(C)n1. The molecule has 1 aromatic heterocycles. The molecule has 0 aliphatic carbocycles. The van der Waals surface area contributed by atoms with Gasteiger partial charge in [0.15, 0.2) is 0 Å². The number of hydrogen-bond donors (Lipinski definition) is 0. The van der Waals surface area contributed by atoms with Crippen LogP contribution in [-0.4, -0.2) is 22.6 Å². The minimum atomic E-state index is 0.406. The van der Waals surface area contributed by atoms with Crippen LogP contribution in [0.4, 0.5) is 5.69 Å². The van der Waals surface area contributed by atoms with Gasteiger partial charge in [-0.25, -0.2) is 0 Å². The molecule has 3 aliphatic heterocycles. The third-order valence-corrected chi connectivity index (χ3v) is 5.49. The van der Waals surface area contributed by atoms with E-state index in [-0.39, 0.29) is 0 Å². The van der Waals surface area contributed by atoms with Crippen LogP contribution in [0.1, 0.15) is 47.5 Å². The van der Waals surface area contributed by atoms with Gasteiger partial charge >= 0.3 is 0 Å². The average Bonchev–Trinajstić information content (AvgIpc) is 2.75. The van der Waals surface area contributed by atoms with Gasteiger partial charge in [0.25, 0.3) is 0 Å². The molecule has 3 aliphatic rings. The number of pyridine rings is 1. The van der Waals surface area contributed by atoms with E-state index in [1.165, 1.54) is 35.3 Å². The molecule has 3 heteroatoms. The maximum Gasteiger partial charge on any atom is 0.0802 e. The lowest BCUT2D eigenvalue weighted by Crippen LogP contribution is -2.51. The number of hydrogen-bond acceptors (Lipinski definition) is 3. The number of anilines is 1. The number of aromatic nitrogens is 1. The summed E-state index contributed by atoms with van der Waals surface area (Å²) in [6.07, 6.45) is 1.59. The van der Waals surface area contributed by atoms with Gasteiger partial charge < -0.3 is 4.90 Å². The molecular formula is C20H25N3. The van der Waals surface area contributed by atoms with Crippen molar-refractivity contribution in [1.82, 2.24) is 9.88 Å². The summed E-state index contributed by atoms with van der Waals surface area (Å²) in [4.78, 5) is 9.97. The van der Waals surface area contributed by atoms with Crippen LogP contribution in [0.3, 0.4) is 0 Å². The molecule has 0 amide bonds. The molecule has 23 heavy (non-hydrogen) atoms. The fraction of sp³-hybridized carbons (Fsp3) is 0.450. The van der Waals surface area contributed by atoms with Gasteiger partial charge in [0.1, 0.15) is 0 Å². The highest BCUT2D eigenvalue weighted by Crippen LogP contribution is 2.43. The molecule has 0 saturated carbocycles. The summed E-state index contributed by atoms with van der Waals surface area (Å²) < 4.78 is 0. The average molecular weight is 307 g/mol. The monoisotopic (exact) mass is 307 g/mol. The smallest absolute Gasteiger partial charge is 0.0802 e. The lowest BCUT2D eigenvalue weighted by molar-refractivity contribution is 0.154. The predicted molar refractivity (Wildman–Crippen MR) is 94.6 cm³/mol. The molecule has 3 atom stereocenters. The summed E-state index contributed by atoms with van der Waals surface area (Å²) in [5, 5.41) is 0. The van der Waals surface area contributed by atoms with Gasteiger partial charge in [-0.1, -0.05) is 24.3 Å². The Morgan fingerprint density at radius 2 is 1.91 bits per heavy atom. The molecular weight excluding hydrogens is 282 g/mol. The van der Waals surface area contributed by atoms with Crippen LogP contribution in [0.2, 0.25) is 0 Å². The Hall–Kier alpha value is -1.87. The van der Waals surface area contributed by atoms with Crippen molar-refractivity contribution in [2.45, 2.75) is 52.9 Å². The molecule has 1 fully saturated rings. The first-order valence-corrected chi connectivity index (χ1v) is 8.61. The minimum Gasteiger partial charge on any atom is -0.347 e. The molecule has 2 aromatic rings. The van der Waals surface area contributed by atoms with Crippen molar-refractivity contribution >= 4 is 5.69 Å². The van der Waals surface area contributed by atoms with E-state index in [1.807, 2.05) is 0 Å². The third kappa shape index (κ3) is 2.26. The van der Waals surface area contributed by atoms with Crippen molar-refractivity contribution in [3.63, 3.8) is 0 Å². The molecule has 5 rings (SSSR count). The van der Waals surface area contributed by atoms with E-state index in [4.69, 9.17) is 4.98 Å². The van der Waals surface area contributed by atoms with Crippen LogP contribution in [0.25, 0.3) is 0 Å². The molecule has 0 spiro atoms. The van der Waals surface area contributed by atoms with Crippen LogP contribution in [0.5, 0.6) is 0 Å². The van der Waals surface area contributed by atoms with E-state index in [0.29, 0.717) is 12.2 Å². The van der Waals surface area contributed by atoms with Crippen molar-refractivity contribution in [3.8, 4) is 0 Å². The van der Waals surface area contributed by atoms with Crippen LogP contribution in [0.15, 0.2) is 30.3 Å². The van der Waals surface area contributed by atoms with Gasteiger partial charge in [0.2, 0.25) is 0 Å². The summed E-state index contributed by atoms with van der Waals surface area (Å²) in [6, 6.07) is 11.6. The largest absolute Gasteiger partial charge is 0.347 e. The van der Waals surface area contributed by atoms with Crippen molar-refractivity contribution in [3.05, 3.63) is 58.4 Å². The Bertz CT molecular complexity index is 729. The standard InChI is InChI=1S/C20H25N3/c1-13-11-14(2)21-15(3)20(13)23-16(4)22-10-9-19(23)18-8-6-5-7-17(18)12-22/h5-8,11,16,19H,9-10,12H2,1-4H3/t16-,19?/m0/s1. The van der Waals surface area contributed by atoms with Crippen molar-refractivity contribution in [2.75, 3.05) is 11.4 Å². The molecule has 3 nitrogen and oxygen atoms in total. The van der Waals surface area contributed by atoms with E-state index in [1.54, 1.807) is 0 Å². The first-order chi connectivity index (χ1) is 11.1. The fourth-order valence-electron chi connectivity index (χ4n) is 4.54. The molecule has 2 bridgehead atoms. The number of nitrogens with zero attached hydrogens (tertiary/aromatic N) is 3. The molecule has 1 aromatic carbocycles. The second kappa shape index (κ2) is 5.34. The van der Waals surface area contributed by atoms with Crippen LogP contribution in [0, 0.1) is 20.8 Å². The molecule has 120 valence electrons. The molecule has 0 radical (unpaired) electrons. The molecule has 0 N–H and O–H groups in total. The van der Waals surface area contributed by atoms with Gasteiger partial charge in [-0.2, -0.15) is 0 Å². The summed E-state index contributed by atoms with van der Waals surface area (Å²) >= 11 is 0. The molecule has 4 heterocycles. The zero-order chi connectivity index (χ0) is 16.1. The normalized spacial score (nSPS) is 26.1. The van der Waals surface area contributed by atoms with Crippen LogP contribution >= 0.6 is 0 Å². The fourth-order valence-corrected chi connectivity index (χ4v) is 4.54. The highest BCUT2D eigenvalue weighted by atomic mass is 15.4. The minimum absolute atomic E-state index is 0.406. The number of aryl methyl sites for hydroxylation is 3. The van der Waals surface area contributed by atoms with Crippen molar-refractivity contribution in [1.29, 1.82) is 0 Å². The van der Waals surface area contributed by atoms with E-state index >= 15 is 0 Å². The lowest BCUT2D eigenvalue weighted by atomic mass is 9.95. The van der Waals surface area contributed by atoms with Crippen LogP contribution < -0.4 is 4.90 Å². The first-order valence-electron chi connectivity index (χ1n) is 8.61. The Morgan fingerprint density at radius 3 is 2.70 bits per heavy atom. The van der Waals surface area contributed by atoms with E-state index in [2.05, 4.69) is 67.8 Å². The highest BCUT2D eigenvalue weighted by Gasteiger charge is 2.39. The van der Waals surface area contributed by atoms with Gasteiger partial charge in [0, 0.05) is 18.8 Å². The third-order valence-electron chi connectivity index (χ3n) is 5.49. The Labute approximate surface area is 139 Å². The maximum atomic E-state index is 4.75. The maximum absolute atomic E-state index is 4.75. The second-order valence-corrected chi connectivity index (χ2v) is 7.03. The zero-order valence-corrected chi connectivity index (χ0v) is 14.5. The topological polar surface area (TPSA) is 19.4 Å². The van der Waals surface area contributed by atoms with Crippen molar-refractivity contribution in [2.24, 2.45) is 0 Å². The Morgan fingerprint density at radius 1 is 1.13 bits per heavy atom. The summed E-state index contributed by atoms with van der Waals surface area (Å²) in [6.45, 7) is 11.0. The number of rotatable bonds is 1. The van der Waals surface area contributed by atoms with E-state index in [9.17, 15) is 0 Å². The summed E-state index contributed by atoms with van der Waals surface area (Å²) in [5.74, 6) is 0. The number of fused-ring (bicyclic) bond motifs is 2. The van der Waals surface area contributed by atoms with Crippen molar-refractivity contribution < 1.29 is 0 Å². The second-order valence-electron chi connectivity index (χ2n) is 7.03. The van der Waals surface area contributed by atoms with E-state index < -0.39 is 0 Å². The van der Waals surface area contributed by atoms with Gasteiger partial charge in [-0.15, -0.1) is 0 Å². The first kappa shape index (κ1) is 14.7. The predicted octanol–water partition coefficient (Wildman–Crippen LogP) is 4.12.